The predicted molar refractivity (Wildman–Crippen MR) is 59.9 cm³/mol. The van der Waals surface area contributed by atoms with E-state index in [4.69, 9.17) is 34.8 Å². The molecule has 0 aliphatic heterocycles. The first kappa shape index (κ1) is 12.4. The van der Waals surface area contributed by atoms with Crippen molar-refractivity contribution in [3.8, 4) is 0 Å². The molecular weight excluding hydrogens is 262 g/mol. The third kappa shape index (κ3) is 4.55. The first-order valence-electron chi connectivity index (χ1n) is 3.94. The molecule has 0 saturated carbocycles. The number of alkyl halides is 1. The molecule has 1 aromatic heterocycles. The van der Waals surface area contributed by atoms with Gasteiger partial charge in [-0.15, -0.1) is 11.6 Å². The number of pyridine rings is 1. The summed E-state index contributed by atoms with van der Waals surface area (Å²) in [6, 6.07) is 2.91. The molecule has 7 heteroatoms. The number of anilines is 1. The highest BCUT2D eigenvalue weighted by molar-refractivity contribution is 6.32. The van der Waals surface area contributed by atoms with Gasteiger partial charge < -0.3 is 4.74 Å². The number of halogens is 3. The van der Waals surface area contributed by atoms with Crippen LogP contribution < -0.4 is 5.32 Å². The van der Waals surface area contributed by atoms with Gasteiger partial charge in [-0.05, 0) is 12.1 Å². The van der Waals surface area contributed by atoms with E-state index in [0.29, 0.717) is 5.69 Å². The van der Waals surface area contributed by atoms with Crippen LogP contribution in [0.4, 0.5) is 10.5 Å². The van der Waals surface area contributed by atoms with E-state index in [0.717, 1.165) is 0 Å². The zero-order chi connectivity index (χ0) is 11.3. The largest absolute Gasteiger partial charge is 0.448 e. The molecule has 4 nitrogen and oxygen atoms in total. The van der Waals surface area contributed by atoms with Crippen LogP contribution in [0.15, 0.2) is 12.1 Å². The van der Waals surface area contributed by atoms with Crippen molar-refractivity contribution in [1.29, 1.82) is 0 Å². The van der Waals surface area contributed by atoms with Gasteiger partial charge in [0.2, 0.25) is 0 Å². The van der Waals surface area contributed by atoms with Gasteiger partial charge in [0, 0.05) is 0 Å². The Hall–Kier alpha value is -0.710. The first-order valence-corrected chi connectivity index (χ1v) is 5.23. The maximum absolute atomic E-state index is 11.1. The molecule has 0 radical (unpaired) electrons. The lowest BCUT2D eigenvalue weighted by Crippen LogP contribution is -2.14. The summed E-state index contributed by atoms with van der Waals surface area (Å²) < 4.78 is 4.69. The third-order valence-corrected chi connectivity index (χ3v) is 1.86. The summed E-state index contributed by atoms with van der Waals surface area (Å²) in [4.78, 5) is 14.8. The summed E-state index contributed by atoms with van der Waals surface area (Å²) in [5, 5.41) is 2.81. The number of aromatic nitrogens is 1. The summed E-state index contributed by atoms with van der Waals surface area (Å²) >= 11 is 16.6. The molecule has 0 aromatic carbocycles. The van der Waals surface area contributed by atoms with Crippen molar-refractivity contribution < 1.29 is 9.53 Å². The van der Waals surface area contributed by atoms with Crippen molar-refractivity contribution in [2.24, 2.45) is 0 Å². The number of nitrogens with zero attached hydrogens (tertiary/aromatic N) is 1. The maximum atomic E-state index is 11.1. The fourth-order valence-corrected chi connectivity index (χ4v) is 1.36. The number of hydrogen-bond donors (Lipinski definition) is 1. The van der Waals surface area contributed by atoms with E-state index in [1.165, 1.54) is 12.1 Å². The number of carbonyl (C=O) groups is 1. The summed E-state index contributed by atoms with van der Waals surface area (Å²) in [5.74, 6) is 0.241. The lowest BCUT2D eigenvalue weighted by atomic mass is 10.4. The van der Waals surface area contributed by atoms with E-state index in [1.54, 1.807) is 0 Å². The molecule has 0 bridgehead atoms. The zero-order valence-corrected chi connectivity index (χ0v) is 9.73. The maximum Gasteiger partial charge on any atom is 0.411 e. The highest BCUT2D eigenvalue weighted by Crippen LogP contribution is 2.18. The monoisotopic (exact) mass is 268 g/mol. The Morgan fingerprint density at radius 1 is 1.40 bits per heavy atom. The van der Waals surface area contributed by atoms with Gasteiger partial charge in [-0.3, -0.25) is 5.32 Å². The SMILES string of the molecule is O=C(Nc1cc(Cl)nc(Cl)c1)OCCCl. The van der Waals surface area contributed by atoms with Crippen LogP contribution in [0.2, 0.25) is 10.3 Å². The Kier molecular flexibility index (Phi) is 4.94. The summed E-state index contributed by atoms with van der Waals surface area (Å²) in [6.07, 6.45) is -0.617. The molecule has 1 N–H and O–H groups in total. The number of rotatable bonds is 3. The number of ether oxygens (including phenoxy) is 1. The summed E-state index contributed by atoms with van der Waals surface area (Å²) in [5.41, 5.74) is 0.416. The number of amides is 1. The Morgan fingerprint density at radius 2 is 2.00 bits per heavy atom. The van der Waals surface area contributed by atoms with Crippen molar-refractivity contribution in [3.05, 3.63) is 22.4 Å². The molecular formula is C8H7Cl3N2O2. The van der Waals surface area contributed by atoms with Crippen LogP contribution in [-0.4, -0.2) is 23.6 Å². The lowest BCUT2D eigenvalue weighted by Gasteiger charge is -2.05. The minimum absolute atomic E-state index is 0.139. The second-order valence-corrected chi connectivity index (χ2v) is 3.60. The average Bonchev–Trinajstić information content (AvgIpc) is 2.13. The molecule has 0 saturated heterocycles. The van der Waals surface area contributed by atoms with Crippen molar-refractivity contribution in [3.63, 3.8) is 0 Å². The van der Waals surface area contributed by atoms with Gasteiger partial charge in [0.15, 0.2) is 0 Å². The van der Waals surface area contributed by atoms with Crippen LogP contribution in [0.25, 0.3) is 0 Å². The van der Waals surface area contributed by atoms with Crippen LogP contribution in [0.5, 0.6) is 0 Å². The van der Waals surface area contributed by atoms with Gasteiger partial charge >= 0.3 is 6.09 Å². The molecule has 0 aliphatic rings. The van der Waals surface area contributed by atoms with E-state index < -0.39 is 6.09 Å². The van der Waals surface area contributed by atoms with Crippen molar-refractivity contribution >= 4 is 46.6 Å². The highest BCUT2D eigenvalue weighted by atomic mass is 35.5. The van der Waals surface area contributed by atoms with E-state index in [9.17, 15) is 4.79 Å². The van der Waals surface area contributed by atoms with Crippen molar-refractivity contribution in [2.45, 2.75) is 0 Å². The minimum Gasteiger partial charge on any atom is -0.448 e. The van der Waals surface area contributed by atoms with Gasteiger partial charge in [-0.2, -0.15) is 0 Å². The molecule has 0 aliphatic carbocycles. The molecule has 15 heavy (non-hydrogen) atoms. The molecule has 0 atom stereocenters. The minimum atomic E-state index is -0.617. The molecule has 1 heterocycles. The Balaban J connectivity index is 2.60. The second kappa shape index (κ2) is 6.00. The van der Waals surface area contributed by atoms with Crippen molar-refractivity contribution in [1.82, 2.24) is 4.98 Å². The molecule has 0 fully saturated rings. The molecule has 1 amide bonds. The average molecular weight is 270 g/mol. The highest BCUT2D eigenvalue weighted by Gasteiger charge is 2.05. The standard InChI is InChI=1S/C8H7Cl3N2O2/c9-1-2-15-8(14)12-5-3-6(10)13-7(11)4-5/h3-4H,1-2H2,(H,12,13,14). The van der Waals surface area contributed by atoms with E-state index in [1.807, 2.05) is 0 Å². The van der Waals surface area contributed by atoms with Crippen LogP contribution in [0.1, 0.15) is 0 Å². The molecule has 0 unspecified atom stereocenters. The summed E-state index contributed by atoms with van der Waals surface area (Å²) in [6.45, 7) is 0.139. The lowest BCUT2D eigenvalue weighted by molar-refractivity contribution is 0.168. The van der Waals surface area contributed by atoms with Crippen LogP contribution in [0.3, 0.4) is 0 Å². The van der Waals surface area contributed by atoms with E-state index in [-0.39, 0.29) is 22.8 Å². The van der Waals surface area contributed by atoms with Gasteiger partial charge in [-0.25, -0.2) is 9.78 Å². The molecule has 1 rings (SSSR count). The molecule has 82 valence electrons. The smallest absolute Gasteiger partial charge is 0.411 e. The van der Waals surface area contributed by atoms with Gasteiger partial charge in [0.25, 0.3) is 0 Å². The number of hydrogen-bond acceptors (Lipinski definition) is 3. The van der Waals surface area contributed by atoms with Gasteiger partial charge in [0.1, 0.15) is 16.9 Å². The predicted octanol–water partition coefficient (Wildman–Crippen LogP) is 3.18. The molecule has 1 aromatic rings. The van der Waals surface area contributed by atoms with Gasteiger partial charge in [-0.1, -0.05) is 23.2 Å². The second-order valence-electron chi connectivity index (χ2n) is 2.45. The Morgan fingerprint density at radius 3 is 2.53 bits per heavy atom. The number of carbonyl (C=O) groups excluding carboxylic acids is 1. The fourth-order valence-electron chi connectivity index (χ4n) is 0.822. The zero-order valence-electron chi connectivity index (χ0n) is 7.47. The topological polar surface area (TPSA) is 51.2 Å². The van der Waals surface area contributed by atoms with E-state index in [2.05, 4.69) is 15.0 Å². The summed E-state index contributed by atoms with van der Waals surface area (Å²) in [7, 11) is 0. The Bertz CT molecular complexity index is 339. The number of nitrogens with one attached hydrogen (secondary N) is 1. The van der Waals surface area contributed by atoms with Crippen LogP contribution in [-0.2, 0) is 4.74 Å². The van der Waals surface area contributed by atoms with Crippen molar-refractivity contribution in [2.75, 3.05) is 17.8 Å². The Labute approximate surface area is 101 Å². The van der Waals surface area contributed by atoms with Crippen LogP contribution in [0, 0.1) is 0 Å². The molecule has 0 spiro atoms. The van der Waals surface area contributed by atoms with E-state index >= 15 is 0 Å². The van der Waals surface area contributed by atoms with Crippen LogP contribution >= 0.6 is 34.8 Å². The fraction of sp³-hybridized carbons (Fsp3) is 0.250. The third-order valence-electron chi connectivity index (χ3n) is 1.32. The van der Waals surface area contributed by atoms with Gasteiger partial charge in [0.05, 0.1) is 11.6 Å². The first-order chi connectivity index (χ1) is 7.11. The quantitative estimate of drug-likeness (QED) is 0.677. The normalized spacial score (nSPS) is 9.80.